The lowest BCUT2D eigenvalue weighted by molar-refractivity contribution is 0.626. The molecule has 0 saturated carbocycles. The van der Waals surface area contributed by atoms with Crippen molar-refractivity contribution in [3.8, 4) is 22.9 Å². The number of rotatable bonds is 9. The van der Waals surface area contributed by atoms with E-state index in [9.17, 15) is 0 Å². The second kappa shape index (κ2) is 10.6. The van der Waals surface area contributed by atoms with E-state index in [2.05, 4.69) is 50.5 Å². The van der Waals surface area contributed by atoms with Crippen molar-refractivity contribution in [2.45, 2.75) is 26.7 Å². The van der Waals surface area contributed by atoms with Crippen LogP contribution in [0.2, 0.25) is 0 Å². The van der Waals surface area contributed by atoms with Gasteiger partial charge in [0.05, 0.1) is 16.7 Å². The van der Waals surface area contributed by atoms with Crippen molar-refractivity contribution in [1.29, 1.82) is 0 Å². The van der Waals surface area contributed by atoms with Crippen LogP contribution in [0, 0.1) is 5.82 Å². The van der Waals surface area contributed by atoms with Gasteiger partial charge in [-0.25, -0.2) is 9.37 Å². The lowest BCUT2D eigenvalue weighted by atomic mass is 10.0. The number of imidazole rings is 1. The summed E-state index contributed by atoms with van der Waals surface area (Å²) >= 11 is 0. The third-order valence-electron chi connectivity index (χ3n) is 6.21. The van der Waals surface area contributed by atoms with Gasteiger partial charge in [0.15, 0.2) is 5.82 Å². The lowest BCUT2D eigenvalue weighted by Gasteiger charge is -2.12. The minimum absolute atomic E-state index is 0.362. The minimum atomic E-state index is -0.362. The number of H-pyrrole nitrogens is 2. The Morgan fingerprint density at radius 1 is 1.11 bits per heavy atom. The molecule has 0 radical (unpaired) electrons. The van der Waals surface area contributed by atoms with Crippen LogP contribution in [0.25, 0.3) is 50.4 Å². The van der Waals surface area contributed by atoms with Crippen molar-refractivity contribution in [2.24, 2.45) is 0 Å². The quantitative estimate of drug-likeness (QED) is 0.186. The molecule has 3 N–H and O–H groups in total. The minimum Gasteiger partial charge on any atom is -0.359 e. The predicted octanol–water partition coefficient (Wildman–Crippen LogP) is 7.08. The topological polar surface area (TPSA) is 95.2 Å². The highest BCUT2D eigenvalue weighted by Crippen LogP contribution is 2.32. The van der Waals surface area contributed by atoms with Crippen LogP contribution in [0.15, 0.2) is 91.6 Å². The van der Waals surface area contributed by atoms with Gasteiger partial charge >= 0.3 is 0 Å². The number of hydrogen-bond acceptors (Lipinski definition) is 5. The maximum absolute atomic E-state index is 15.3. The molecular formula is C30H28FN7. The van der Waals surface area contributed by atoms with Crippen LogP contribution in [0.3, 0.4) is 0 Å². The predicted molar refractivity (Wildman–Crippen MR) is 151 cm³/mol. The number of allylic oxidation sites excluding steroid dienone is 5. The highest BCUT2D eigenvalue weighted by atomic mass is 19.1. The maximum atomic E-state index is 15.3. The number of aromatic nitrogens is 6. The van der Waals surface area contributed by atoms with Crippen LogP contribution in [-0.4, -0.2) is 30.1 Å². The van der Waals surface area contributed by atoms with Crippen molar-refractivity contribution in [3.05, 3.63) is 103 Å². The molecule has 5 rings (SSSR count). The first kappa shape index (κ1) is 24.8. The van der Waals surface area contributed by atoms with Crippen LogP contribution >= 0.6 is 0 Å². The molecule has 0 aliphatic carbocycles. The molecule has 38 heavy (non-hydrogen) atoms. The van der Waals surface area contributed by atoms with Crippen LogP contribution in [0.4, 0.5) is 4.39 Å². The summed E-state index contributed by atoms with van der Waals surface area (Å²) in [6.07, 6.45) is 10.7. The average Bonchev–Trinajstić information content (AvgIpc) is 3.55. The summed E-state index contributed by atoms with van der Waals surface area (Å²) in [5.41, 5.74) is 6.82. The second-order valence-corrected chi connectivity index (χ2v) is 8.83. The molecule has 0 atom stereocenters. The molecule has 0 spiro atoms. The summed E-state index contributed by atoms with van der Waals surface area (Å²) in [7, 11) is 0. The van der Waals surface area contributed by atoms with E-state index in [1.807, 2.05) is 43.3 Å². The smallest absolute Gasteiger partial charge is 0.159 e. The van der Waals surface area contributed by atoms with Gasteiger partial charge in [-0.2, -0.15) is 5.10 Å². The molecule has 0 amide bonds. The van der Waals surface area contributed by atoms with Crippen LogP contribution in [0.5, 0.6) is 0 Å². The number of nitrogens with zero attached hydrogens (tertiary/aromatic N) is 4. The van der Waals surface area contributed by atoms with Crippen LogP contribution in [-0.2, 0) is 0 Å². The zero-order chi connectivity index (χ0) is 26.6. The molecule has 190 valence electrons. The molecule has 5 aromatic rings. The van der Waals surface area contributed by atoms with E-state index < -0.39 is 0 Å². The highest BCUT2D eigenvalue weighted by molar-refractivity contribution is 5.97. The largest absolute Gasteiger partial charge is 0.359 e. The van der Waals surface area contributed by atoms with Gasteiger partial charge in [0, 0.05) is 40.8 Å². The Labute approximate surface area is 220 Å². The number of aromatic amines is 2. The Hall–Kier alpha value is -4.85. The Morgan fingerprint density at radius 2 is 1.97 bits per heavy atom. The van der Waals surface area contributed by atoms with Crippen molar-refractivity contribution in [1.82, 2.24) is 35.5 Å². The summed E-state index contributed by atoms with van der Waals surface area (Å²) in [6.45, 7) is 11.9. The Morgan fingerprint density at radius 3 is 2.71 bits per heavy atom. The van der Waals surface area contributed by atoms with Gasteiger partial charge in [-0.15, -0.1) is 0 Å². The van der Waals surface area contributed by atoms with E-state index in [1.54, 1.807) is 24.5 Å². The van der Waals surface area contributed by atoms with Crippen molar-refractivity contribution in [3.63, 3.8) is 0 Å². The summed E-state index contributed by atoms with van der Waals surface area (Å²) in [6, 6.07) is 10.8. The van der Waals surface area contributed by atoms with E-state index in [1.165, 1.54) is 6.07 Å². The summed E-state index contributed by atoms with van der Waals surface area (Å²) < 4.78 is 15.3. The fraction of sp³-hybridized carbons (Fsp3) is 0.133. The number of fused-ring (bicyclic) bond motifs is 2. The van der Waals surface area contributed by atoms with Gasteiger partial charge in [0.1, 0.15) is 22.7 Å². The molecule has 0 aliphatic heterocycles. The van der Waals surface area contributed by atoms with E-state index in [4.69, 9.17) is 4.98 Å². The molecule has 0 saturated heterocycles. The summed E-state index contributed by atoms with van der Waals surface area (Å²) in [5, 5.41) is 11.4. The van der Waals surface area contributed by atoms with Gasteiger partial charge in [-0.1, -0.05) is 38.6 Å². The molecule has 4 aromatic heterocycles. The van der Waals surface area contributed by atoms with Crippen molar-refractivity contribution in [2.75, 3.05) is 0 Å². The van der Waals surface area contributed by atoms with E-state index >= 15 is 4.39 Å². The summed E-state index contributed by atoms with van der Waals surface area (Å²) in [4.78, 5) is 17.1. The average molecular weight is 506 g/mol. The molecule has 0 unspecified atom stereocenters. The lowest BCUT2D eigenvalue weighted by Crippen LogP contribution is -2.10. The van der Waals surface area contributed by atoms with Crippen LogP contribution in [0.1, 0.15) is 32.3 Å². The highest BCUT2D eigenvalue weighted by Gasteiger charge is 2.18. The van der Waals surface area contributed by atoms with Gasteiger partial charge in [-0.05, 0) is 55.3 Å². The number of halogens is 1. The molecule has 4 heterocycles. The molecular weight excluding hydrogens is 477 g/mol. The zero-order valence-electron chi connectivity index (χ0n) is 21.3. The monoisotopic (exact) mass is 505 g/mol. The third kappa shape index (κ3) is 4.76. The first-order valence-electron chi connectivity index (χ1n) is 12.4. The molecule has 7 nitrogen and oxygen atoms in total. The molecule has 0 aliphatic rings. The van der Waals surface area contributed by atoms with E-state index in [0.29, 0.717) is 39.4 Å². The first-order valence-corrected chi connectivity index (χ1v) is 12.4. The Bertz CT molecular complexity index is 1710. The molecule has 8 heteroatoms. The van der Waals surface area contributed by atoms with Gasteiger partial charge in [0.25, 0.3) is 0 Å². The van der Waals surface area contributed by atoms with E-state index in [-0.39, 0.29) is 5.82 Å². The zero-order valence-corrected chi connectivity index (χ0v) is 21.3. The third-order valence-corrected chi connectivity index (χ3v) is 6.21. The summed E-state index contributed by atoms with van der Waals surface area (Å²) in [5.74, 6) is 0.190. The first-order chi connectivity index (χ1) is 18.5. The fourth-order valence-electron chi connectivity index (χ4n) is 4.38. The van der Waals surface area contributed by atoms with Gasteiger partial charge in [0.2, 0.25) is 0 Å². The maximum Gasteiger partial charge on any atom is 0.159 e. The number of pyridine rings is 2. The fourth-order valence-corrected chi connectivity index (χ4v) is 4.38. The molecule has 0 bridgehead atoms. The Balaban J connectivity index is 1.58. The van der Waals surface area contributed by atoms with Crippen LogP contribution < -0.4 is 5.32 Å². The standard InChI is InChI=1S/C30H28FN7/c1-5-10-18(4)34-20(7-3)15-19(6-2)21-16-22-26(17-23(21)31)37-38-27(22)30-35-25-12-14-33-28(29(25)36-30)24-11-8-9-13-32-24/h6-9,11-17,34H,3-5,10H2,1-2H3,(H,35,36)(H,37,38)/b19-6+,20-15+. The molecule has 0 fully saturated rings. The van der Waals surface area contributed by atoms with Crippen molar-refractivity contribution < 1.29 is 4.39 Å². The normalized spacial score (nSPS) is 12.3. The van der Waals surface area contributed by atoms with Crippen molar-refractivity contribution >= 4 is 27.5 Å². The number of hydrogen-bond donors (Lipinski definition) is 3. The molecule has 1 aromatic carbocycles. The number of benzene rings is 1. The number of nitrogens with one attached hydrogen (secondary N) is 3. The van der Waals surface area contributed by atoms with E-state index in [0.717, 1.165) is 40.8 Å². The Kier molecular flexibility index (Phi) is 6.95. The van der Waals surface area contributed by atoms with Gasteiger partial charge in [-0.3, -0.25) is 15.1 Å². The second-order valence-electron chi connectivity index (χ2n) is 8.83. The van der Waals surface area contributed by atoms with Gasteiger partial charge < -0.3 is 10.3 Å². The SMILES string of the molecule is C=C/C(=C\C(=C/C)c1cc2c(-c3nc4c(-c5ccccn5)nccc4[nH]3)n[nH]c2cc1F)NC(=C)CCC.